The van der Waals surface area contributed by atoms with E-state index >= 15 is 0 Å². The molecule has 5 nitrogen and oxygen atoms in total. The largest absolute Gasteiger partial charge is 0.294 e. The third-order valence-corrected chi connectivity index (χ3v) is 7.11. The van der Waals surface area contributed by atoms with Gasteiger partial charge >= 0.3 is 0 Å². The van der Waals surface area contributed by atoms with Crippen LogP contribution in [0.2, 0.25) is 0 Å². The Hall–Kier alpha value is -1.97. The highest BCUT2D eigenvalue weighted by atomic mass is 32.2. The number of carbonyl (C=O) groups excluding carboxylic acids is 1. The topological polar surface area (TPSA) is 66.8 Å². The summed E-state index contributed by atoms with van der Waals surface area (Å²) < 4.78 is 42.4. The van der Waals surface area contributed by atoms with E-state index in [1.165, 1.54) is 23.1 Å². The standard InChI is InChI=1S/C16H13FN2O3S3/c1-2-19-15(20)13(10-11-6-3-4-7-12(11)17)24-16(19)18-25(21,22)14-8-5-9-23-14/h3-10H,2H2,1H3. The second-order valence-electron chi connectivity index (χ2n) is 4.96. The van der Waals surface area contributed by atoms with E-state index in [0.717, 1.165) is 23.1 Å². The van der Waals surface area contributed by atoms with E-state index in [2.05, 4.69) is 4.40 Å². The van der Waals surface area contributed by atoms with Crippen LogP contribution in [0.25, 0.3) is 6.08 Å². The van der Waals surface area contributed by atoms with E-state index in [4.69, 9.17) is 0 Å². The molecule has 2 heterocycles. The smallest absolute Gasteiger partial charge is 0.286 e. The average molecular weight is 396 g/mol. The molecule has 1 aromatic heterocycles. The molecule has 25 heavy (non-hydrogen) atoms. The fourth-order valence-electron chi connectivity index (χ4n) is 2.15. The van der Waals surface area contributed by atoms with Gasteiger partial charge in [-0.2, -0.15) is 8.42 Å². The normalized spacial score (nSPS) is 18.5. The highest BCUT2D eigenvalue weighted by Crippen LogP contribution is 2.34. The van der Waals surface area contributed by atoms with Gasteiger partial charge in [-0.3, -0.25) is 9.69 Å². The van der Waals surface area contributed by atoms with Crippen LogP contribution in [0, 0.1) is 5.82 Å². The number of hydrogen-bond donors (Lipinski definition) is 0. The molecule has 9 heteroatoms. The van der Waals surface area contributed by atoms with Gasteiger partial charge < -0.3 is 0 Å². The van der Waals surface area contributed by atoms with E-state index in [9.17, 15) is 17.6 Å². The minimum Gasteiger partial charge on any atom is -0.286 e. The fourth-order valence-corrected chi connectivity index (χ4v) is 5.35. The summed E-state index contributed by atoms with van der Waals surface area (Å²) in [6.45, 7) is 1.98. The molecule has 130 valence electrons. The van der Waals surface area contributed by atoms with Crippen LogP contribution in [-0.4, -0.2) is 30.9 Å². The van der Waals surface area contributed by atoms with Crippen LogP contribution in [0.15, 0.2) is 55.3 Å². The quantitative estimate of drug-likeness (QED) is 0.741. The lowest BCUT2D eigenvalue weighted by Crippen LogP contribution is -2.29. The maximum atomic E-state index is 13.8. The van der Waals surface area contributed by atoms with Gasteiger partial charge in [-0.1, -0.05) is 24.3 Å². The monoisotopic (exact) mass is 396 g/mol. The van der Waals surface area contributed by atoms with E-state index in [1.54, 1.807) is 36.6 Å². The molecule has 1 amide bonds. The van der Waals surface area contributed by atoms with E-state index in [1.807, 2.05) is 0 Å². The number of thioether (sulfide) groups is 1. The van der Waals surface area contributed by atoms with Gasteiger partial charge in [0.2, 0.25) is 0 Å². The van der Waals surface area contributed by atoms with Crippen molar-refractivity contribution < 1.29 is 17.6 Å². The molecule has 0 spiro atoms. The third-order valence-electron chi connectivity index (χ3n) is 3.34. The van der Waals surface area contributed by atoms with Crippen molar-refractivity contribution in [3.63, 3.8) is 0 Å². The number of likely N-dealkylation sites (N-methyl/N-ethyl adjacent to an activating group) is 1. The van der Waals surface area contributed by atoms with Crippen LogP contribution in [0.5, 0.6) is 0 Å². The summed E-state index contributed by atoms with van der Waals surface area (Å²) in [7, 11) is -3.88. The number of hydrogen-bond acceptors (Lipinski definition) is 5. The molecule has 3 rings (SSSR count). The number of amides is 1. The van der Waals surface area contributed by atoms with Gasteiger partial charge in [0, 0.05) is 12.1 Å². The summed E-state index contributed by atoms with van der Waals surface area (Å²) in [4.78, 5) is 14.0. The summed E-state index contributed by atoms with van der Waals surface area (Å²) in [6, 6.07) is 9.13. The van der Waals surface area contributed by atoms with Crippen molar-refractivity contribution in [1.82, 2.24) is 4.90 Å². The predicted molar refractivity (Wildman–Crippen MR) is 98.3 cm³/mol. The Morgan fingerprint density at radius 1 is 1.24 bits per heavy atom. The number of halogens is 1. The van der Waals surface area contributed by atoms with Gasteiger partial charge in [0.05, 0.1) is 4.91 Å². The van der Waals surface area contributed by atoms with Gasteiger partial charge in [-0.15, -0.1) is 15.7 Å². The number of nitrogens with zero attached hydrogens (tertiary/aromatic N) is 2. The average Bonchev–Trinajstić information content (AvgIpc) is 3.19. The molecule has 0 aliphatic carbocycles. The first-order valence-electron chi connectivity index (χ1n) is 7.27. The zero-order valence-corrected chi connectivity index (χ0v) is 15.5. The van der Waals surface area contributed by atoms with Crippen molar-refractivity contribution in [2.24, 2.45) is 4.40 Å². The highest BCUT2D eigenvalue weighted by molar-refractivity contribution is 8.19. The maximum absolute atomic E-state index is 13.8. The minimum atomic E-state index is -3.88. The third kappa shape index (κ3) is 3.68. The lowest BCUT2D eigenvalue weighted by molar-refractivity contribution is -0.122. The predicted octanol–water partition coefficient (Wildman–Crippen LogP) is 3.57. The molecule has 0 atom stereocenters. The molecule has 0 N–H and O–H groups in total. The molecule has 0 radical (unpaired) electrons. The van der Waals surface area contributed by atoms with Crippen LogP contribution in [0.1, 0.15) is 12.5 Å². The van der Waals surface area contributed by atoms with Crippen LogP contribution in [0.4, 0.5) is 4.39 Å². The van der Waals surface area contributed by atoms with E-state index < -0.39 is 21.7 Å². The Balaban J connectivity index is 1.99. The highest BCUT2D eigenvalue weighted by Gasteiger charge is 2.34. The molecule has 0 unspecified atom stereocenters. The van der Waals surface area contributed by atoms with Crippen molar-refractivity contribution in [1.29, 1.82) is 0 Å². The van der Waals surface area contributed by atoms with Crippen molar-refractivity contribution in [3.05, 3.63) is 58.1 Å². The summed E-state index contributed by atoms with van der Waals surface area (Å²) >= 11 is 1.98. The summed E-state index contributed by atoms with van der Waals surface area (Å²) in [5.74, 6) is -0.848. The lowest BCUT2D eigenvalue weighted by atomic mass is 10.2. The molecule has 1 fully saturated rings. The Bertz CT molecular complexity index is 966. The molecular formula is C16H13FN2O3S3. The number of rotatable bonds is 4. The van der Waals surface area contributed by atoms with Crippen LogP contribution < -0.4 is 0 Å². The first-order valence-corrected chi connectivity index (χ1v) is 10.4. The van der Waals surface area contributed by atoms with Gasteiger partial charge in [-0.05, 0) is 42.3 Å². The molecular weight excluding hydrogens is 383 g/mol. The van der Waals surface area contributed by atoms with Crippen molar-refractivity contribution in [2.75, 3.05) is 6.54 Å². The van der Waals surface area contributed by atoms with Gasteiger partial charge in [0.15, 0.2) is 5.17 Å². The molecule has 1 saturated heterocycles. The Kier molecular flexibility index (Phi) is 5.07. The van der Waals surface area contributed by atoms with Crippen molar-refractivity contribution in [2.45, 2.75) is 11.1 Å². The molecule has 0 bridgehead atoms. The molecule has 1 aromatic carbocycles. The van der Waals surface area contributed by atoms with Crippen molar-refractivity contribution >= 4 is 50.3 Å². The molecule has 1 aliphatic rings. The Labute approximate surface area is 152 Å². The SMILES string of the molecule is CCN1C(=O)C(=Cc2ccccc2F)SC1=NS(=O)(=O)c1cccs1. The zero-order chi connectivity index (χ0) is 18.0. The summed E-state index contributed by atoms with van der Waals surface area (Å²) in [5, 5.41) is 1.71. The second-order valence-corrected chi connectivity index (χ2v) is 8.75. The lowest BCUT2D eigenvalue weighted by Gasteiger charge is -2.11. The second kappa shape index (κ2) is 7.11. The number of carbonyl (C=O) groups is 1. The van der Waals surface area contributed by atoms with Crippen LogP contribution in [0.3, 0.4) is 0 Å². The van der Waals surface area contributed by atoms with Crippen LogP contribution >= 0.6 is 23.1 Å². The number of sulfonamides is 1. The minimum absolute atomic E-state index is 0.0727. The Morgan fingerprint density at radius 2 is 2.00 bits per heavy atom. The summed E-state index contributed by atoms with van der Waals surface area (Å²) in [6.07, 6.45) is 1.41. The molecule has 2 aromatic rings. The number of amidine groups is 1. The maximum Gasteiger partial charge on any atom is 0.294 e. The Morgan fingerprint density at radius 3 is 2.64 bits per heavy atom. The first kappa shape index (κ1) is 17.8. The van der Waals surface area contributed by atoms with Gasteiger partial charge in [0.25, 0.3) is 15.9 Å². The molecule has 0 saturated carbocycles. The first-order chi connectivity index (χ1) is 11.9. The van der Waals surface area contributed by atoms with Gasteiger partial charge in [-0.25, -0.2) is 4.39 Å². The molecule has 1 aliphatic heterocycles. The van der Waals surface area contributed by atoms with Crippen molar-refractivity contribution in [3.8, 4) is 0 Å². The van der Waals surface area contributed by atoms with E-state index in [-0.39, 0.29) is 26.4 Å². The van der Waals surface area contributed by atoms with Crippen LogP contribution in [-0.2, 0) is 14.8 Å². The summed E-state index contributed by atoms with van der Waals surface area (Å²) in [5.41, 5.74) is 0.261. The van der Waals surface area contributed by atoms with E-state index in [0.29, 0.717) is 0 Å². The fraction of sp³-hybridized carbons (Fsp3) is 0.125. The zero-order valence-electron chi connectivity index (χ0n) is 13.0. The van der Waals surface area contributed by atoms with Gasteiger partial charge in [0.1, 0.15) is 10.0 Å². The number of benzene rings is 1. The number of thiophene rings is 1.